The van der Waals surface area contributed by atoms with E-state index in [1.165, 1.54) is 22.9 Å². The maximum Gasteiger partial charge on any atom is 0.0483 e. The number of hydrogen-bond donors (Lipinski definition) is 1. The summed E-state index contributed by atoms with van der Waals surface area (Å²) in [5.41, 5.74) is 2.78. The molecule has 0 radical (unpaired) electrons. The molecular formula is C18H29N3. The molecule has 1 aromatic heterocycles. The third kappa shape index (κ3) is 4.08. The third-order valence-electron chi connectivity index (χ3n) is 4.15. The largest absolute Gasteiger partial charge is 0.347 e. The molecule has 0 aliphatic carbocycles. The first-order valence-electron chi connectivity index (χ1n) is 8.29. The van der Waals surface area contributed by atoms with Crippen LogP contribution in [0.5, 0.6) is 0 Å². The molecule has 1 heterocycles. The smallest absolute Gasteiger partial charge is 0.0483 e. The van der Waals surface area contributed by atoms with E-state index in [1.54, 1.807) is 0 Å². The fourth-order valence-corrected chi connectivity index (χ4v) is 2.89. The number of likely N-dealkylation sites (N-methyl/N-ethyl adjacent to an activating group) is 1. The number of nitrogens with one attached hydrogen (secondary N) is 1. The highest BCUT2D eigenvalue weighted by Crippen LogP contribution is 2.21. The lowest BCUT2D eigenvalue weighted by Crippen LogP contribution is -2.31. The molecule has 0 saturated carbocycles. The highest BCUT2D eigenvalue weighted by molar-refractivity contribution is 5.83. The van der Waals surface area contributed by atoms with Crippen molar-refractivity contribution in [3.05, 3.63) is 36.0 Å². The fourth-order valence-electron chi connectivity index (χ4n) is 2.89. The molecule has 0 atom stereocenters. The summed E-state index contributed by atoms with van der Waals surface area (Å²) >= 11 is 0. The van der Waals surface area contributed by atoms with Gasteiger partial charge in [-0.25, -0.2) is 0 Å². The molecule has 0 spiro atoms. The van der Waals surface area contributed by atoms with E-state index < -0.39 is 0 Å². The summed E-state index contributed by atoms with van der Waals surface area (Å²) in [5.74, 6) is 0. The molecule has 0 bridgehead atoms. The minimum atomic E-state index is 0.957. The molecule has 0 aliphatic rings. The Bertz CT molecular complexity index is 540. The molecule has 116 valence electrons. The molecule has 0 amide bonds. The van der Waals surface area contributed by atoms with E-state index >= 15 is 0 Å². The number of para-hydroxylation sites is 1. The average Bonchev–Trinajstić information content (AvgIpc) is 2.86. The minimum Gasteiger partial charge on any atom is -0.347 e. The number of nitrogens with zero attached hydrogens (tertiary/aromatic N) is 2. The molecule has 1 N–H and O–H groups in total. The Morgan fingerprint density at radius 2 is 1.86 bits per heavy atom. The van der Waals surface area contributed by atoms with E-state index in [4.69, 9.17) is 0 Å². The quantitative estimate of drug-likeness (QED) is 0.713. The molecule has 2 rings (SSSR count). The Kier molecular flexibility index (Phi) is 6.27. The predicted molar refractivity (Wildman–Crippen MR) is 91.7 cm³/mol. The van der Waals surface area contributed by atoms with Gasteiger partial charge < -0.3 is 14.8 Å². The predicted octanol–water partition coefficient (Wildman–Crippen LogP) is 3.48. The van der Waals surface area contributed by atoms with Gasteiger partial charge in [0.2, 0.25) is 0 Å². The molecule has 21 heavy (non-hydrogen) atoms. The molecule has 2 aromatic rings. The summed E-state index contributed by atoms with van der Waals surface area (Å²) in [6, 6.07) is 8.73. The van der Waals surface area contributed by atoms with Gasteiger partial charge in [0.1, 0.15) is 0 Å². The SMILES string of the molecule is CCCn1cc(CNCCN(CC)CC)c2ccccc21. The van der Waals surface area contributed by atoms with Crippen LogP contribution in [-0.4, -0.2) is 35.6 Å². The van der Waals surface area contributed by atoms with Crippen molar-refractivity contribution in [2.24, 2.45) is 0 Å². The molecule has 0 saturated heterocycles. The second kappa shape index (κ2) is 8.20. The minimum absolute atomic E-state index is 0.957. The van der Waals surface area contributed by atoms with Crippen LogP contribution < -0.4 is 5.32 Å². The van der Waals surface area contributed by atoms with Gasteiger partial charge in [-0.1, -0.05) is 39.0 Å². The Balaban J connectivity index is 1.98. The highest BCUT2D eigenvalue weighted by atomic mass is 15.1. The summed E-state index contributed by atoms with van der Waals surface area (Å²) in [6.45, 7) is 13.2. The Morgan fingerprint density at radius 1 is 1.10 bits per heavy atom. The number of rotatable bonds is 9. The highest BCUT2D eigenvalue weighted by Gasteiger charge is 2.07. The zero-order chi connectivity index (χ0) is 15.1. The maximum atomic E-state index is 3.59. The zero-order valence-corrected chi connectivity index (χ0v) is 13.7. The molecule has 3 heteroatoms. The van der Waals surface area contributed by atoms with Crippen molar-refractivity contribution >= 4 is 10.9 Å². The summed E-state index contributed by atoms with van der Waals surface area (Å²) in [4.78, 5) is 2.45. The second-order valence-electron chi connectivity index (χ2n) is 5.57. The van der Waals surface area contributed by atoms with Crippen LogP contribution in [0, 0.1) is 0 Å². The van der Waals surface area contributed by atoms with Crippen LogP contribution in [-0.2, 0) is 13.1 Å². The summed E-state index contributed by atoms with van der Waals surface area (Å²) < 4.78 is 2.39. The molecule has 0 unspecified atom stereocenters. The monoisotopic (exact) mass is 287 g/mol. The van der Waals surface area contributed by atoms with Gasteiger partial charge in [-0.2, -0.15) is 0 Å². The number of aryl methyl sites for hydroxylation is 1. The third-order valence-corrected chi connectivity index (χ3v) is 4.15. The van der Waals surface area contributed by atoms with Gasteiger partial charge in [0, 0.05) is 43.3 Å². The molecular weight excluding hydrogens is 258 g/mol. The summed E-state index contributed by atoms with van der Waals surface area (Å²) in [7, 11) is 0. The van der Waals surface area contributed by atoms with Crippen LogP contribution in [0.15, 0.2) is 30.5 Å². The summed E-state index contributed by atoms with van der Waals surface area (Å²) in [5, 5.41) is 4.98. The van der Waals surface area contributed by atoms with E-state index in [9.17, 15) is 0 Å². The topological polar surface area (TPSA) is 20.2 Å². The van der Waals surface area contributed by atoms with Crippen LogP contribution in [0.3, 0.4) is 0 Å². The zero-order valence-electron chi connectivity index (χ0n) is 13.7. The number of hydrogen-bond acceptors (Lipinski definition) is 2. The second-order valence-corrected chi connectivity index (χ2v) is 5.57. The molecule has 0 aliphatic heterocycles. The van der Waals surface area contributed by atoms with Crippen molar-refractivity contribution in [2.45, 2.75) is 40.3 Å². The standard InChI is InChI=1S/C18H29N3/c1-4-12-21-15-16(17-9-7-8-10-18(17)21)14-19-11-13-20(5-2)6-3/h7-10,15,19H,4-6,11-14H2,1-3H3. The Morgan fingerprint density at radius 3 is 2.57 bits per heavy atom. The fraction of sp³-hybridized carbons (Fsp3) is 0.556. The van der Waals surface area contributed by atoms with E-state index in [0.717, 1.165) is 39.3 Å². The molecule has 1 aromatic carbocycles. The van der Waals surface area contributed by atoms with Crippen LogP contribution in [0.25, 0.3) is 10.9 Å². The molecule has 0 fully saturated rings. The maximum absolute atomic E-state index is 3.59. The van der Waals surface area contributed by atoms with Crippen LogP contribution >= 0.6 is 0 Å². The Hall–Kier alpha value is -1.32. The number of benzene rings is 1. The van der Waals surface area contributed by atoms with Gasteiger partial charge in [-0.15, -0.1) is 0 Å². The van der Waals surface area contributed by atoms with Gasteiger partial charge in [0.15, 0.2) is 0 Å². The number of aromatic nitrogens is 1. The van der Waals surface area contributed by atoms with Crippen molar-refractivity contribution in [3.63, 3.8) is 0 Å². The van der Waals surface area contributed by atoms with Gasteiger partial charge >= 0.3 is 0 Å². The van der Waals surface area contributed by atoms with Crippen LogP contribution in [0.2, 0.25) is 0 Å². The first kappa shape index (κ1) is 16.1. The first-order valence-corrected chi connectivity index (χ1v) is 8.29. The first-order chi connectivity index (χ1) is 10.3. The summed E-state index contributed by atoms with van der Waals surface area (Å²) in [6.07, 6.45) is 3.49. The lowest BCUT2D eigenvalue weighted by atomic mass is 10.2. The molecule has 3 nitrogen and oxygen atoms in total. The lowest BCUT2D eigenvalue weighted by molar-refractivity contribution is 0.302. The van der Waals surface area contributed by atoms with E-state index in [2.05, 4.69) is 66.0 Å². The van der Waals surface area contributed by atoms with Crippen molar-refractivity contribution in [1.29, 1.82) is 0 Å². The van der Waals surface area contributed by atoms with Crippen molar-refractivity contribution in [1.82, 2.24) is 14.8 Å². The van der Waals surface area contributed by atoms with Crippen molar-refractivity contribution in [2.75, 3.05) is 26.2 Å². The average molecular weight is 287 g/mol. The van der Waals surface area contributed by atoms with Crippen LogP contribution in [0.4, 0.5) is 0 Å². The van der Waals surface area contributed by atoms with E-state index in [0.29, 0.717) is 0 Å². The van der Waals surface area contributed by atoms with Crippen LogP contribution in [0.1, 0.15) is 32.8 Å². The lowest BCUT2D eigenvalue weighted by Gasteiger charge is -2.17. The van der Waals surface area contributed by atoms with Gasteiger partial charge in [-0.05, 0) is 31.1 Å². The van der Waals surface area contributed by atoms with Crippen molar-refractivity contribution in [3.8, 4) is 0 Å². The van der Waals surface area contributed by atoms with E-state index in [-0.39, 0.29) is 0 Å². The normalized spacial score (nSPS) is 11.6. The van der Waals surface area contributed by atoms with Gasteiger partial charge in [-0.3, -0.25) is 0 Å². The van der Waals surface area contributed by atoms with Crippen molar-refractivity contribution < 1.29 is 0 Å². The van der Waals surface area contributed by atoms with Gasteiger partial charge in [0.25, 0.3) is 0 Å². The number of fused-ring (bicyclic) bond motifs is 1. The van der Waals surface area contributed by atoms with E-state index in [1.807, 2.05) is 0 Å². The van der Waals surface area contributed by atoms with Gasteiger partial charge in [0.05, 0.1) is 0 Å². The Labute approximate surface area is 128 Å².